The van der Waals surface area contributed by atoms with E-state index in [0.717, 1.165) is 25.7 Å². The molecule has 0 amide bonds. The minimum Gasteiger partial charge on any atom is -0.398 e. The van der Waals surface area contributed by atoms with Crippen LogP contribution >= 0.6 is 11.6 Å². The Labute approximate surface area is 130 Å². The van der Waals surface area contributed by atoms with Crippen LogP contribution in [0.5, 0.6) is 0 Å². The summed E-state index contributed by atoms with van der Waals surface area (Å²) in [5.74, 6) is -0.0390. The van der Waals surface area contributed by atoms with E-state index in [2.05, 4.69) is 0 Å². The van der Waals surface area contributed by atoms with Crippen molar-refractivity contribution in [2.45, 2.75) is 55.1 Å². The second kappa shape index (κ2) is 5.45. The first-order chi connectivity index (χ1) is 9.92. The fourth-order valence-corrected chi connectivity index (χ4v) is 5.80. The van der Waals surface area contributed by atoms with Gasteiger partial charge in [0.05, 0.1) is 28.2 Å². The average Bonchev–Trinajstić information content (AvgIpc) is 2.99. The summed E-state index contributed by atoms with van der Waals surface area (Å²) in [6.45, 7) is 0. The number of hydrogen-bond acceptors (Lipinski definition) is 4. The summed E-state index contributed by atoms with van der Waals surface area (Å²) in [5, 5.41) is 0.184. The van der Waals surface area contributed by atoms with Crippen LogP contribution in [0.1, 0.15) is 38.5 Å². The largest absolute Gasteiger partial charge is 0.398 e. The fraction of sp³-hybridized carbons (Fsp3) is 0.600. The smallest absolute Gasteiger partial charge is 0.184 e. The highest BCUT2D eigenvalue weighted by atomic mass is 35.5. The Morgan fingerprint density at radius 3 is 2.67 bits per heavy atom. The molecular weight excluding hydrogens is 310 g/mol. The van der Waals surface area contributed by atoms with Crippen molar-refractivity contribution in [2.24, 2.45) is 0 Å². The van der Waals surface area contributed by atoms with E-state index in [1.54, 1.807) is 18.2 Å². The number of halogens is 1. The van der Waals surface area contributed by atoms with Crippen molar-refractivity contribution in [3.05, 3.63) is 23.2 Å². The van der Waals surface area contributed by atoms with E-state index in [1.165, 1.54) is 12.8 Å². The Morgan fingerprint density at radius 1 is 1.29 bits per heavy atom. The molecule has 0 aromatic heterocycles. The number of benzene rings is 1. The number of sulfone groups is 1. The molecule has 1 saturated carbocycles. The van der Waals surface area contributed by atoms with Crippen LogP contribution in [0.25, 0.3) is 0 Å². The van der Waals surface area contributed by atoms with Gasteiger partial charge in [0.15, 0.2) is 9.84 Å². The molecule has 1 aromatic rings. The SMILES string of the molecule is Nc1cccc(Cl)c1S(=O)(=O)CC1CCC2(CCCC2)O1. The van der Waals surface area contributed by atoms with E-state index in [4.69, 9.17) is 22.1 Å². The lowest BCUT2D eigenvalue weighted by molar-refractivity contribution is -0.0272. The van der Waals surface area contributed by atoms with E-state index >= 15 is 0 Å². The van der Waals surface area contributed by atoms with E-state index in [1.807, 2.05) is 0 Å². The number of hydrogen-bond donors (Lipinski definition) is 1. The van der Waals surface area contributed by atoms with E-state index in [0.29, 0.717) is 0 Å². The highest BCUT2D eigenvalue weighted by Crippen LogP contribution is 2.44. The fourth-order valence-electron chi connectivity index (χ4n) is 3.58. The lowest BCUT2D eigenvalue weighted by Crippen LogP contribution is -2.28. The van der Waals surface area contributed by atoms with Crippen LogP contribution in [0.2, 0.25) is 5.02 Å². The summed E-state index contributed by atoms with van der Waals surface area (Å²) in [4.78, 5) is 0.0441. The number of nitrogen functional groups attached to an aromatic ring is 1. The molecule has 1 unspecified atom stereocenters. The van der Waals surface area contributed by atoms with Gasteiger partial charge in [0.2, 0.25) is 0 Å². The van der Waals surface area contributed by atoms with Crippen molar-refractivity contribution in [1.82, 2.24) is 0 Å². The predicted molar refractivity (Wildman–Crippen MR) is 83.2 cm³/mol. The average molecular weight is 330 g/mol. The molecule has 0 bridgehead atoms. The Kier molecular flexibility index (Phi) is 3.93. The first-order valence-electron chi connectivity index (χ1n) is 7.36. The van der Waals surface area contributed by atoms with Gasteiger partial charge in [-0.05, 0) is 37.8 Å². The molecule has 4 nitrogen and oxygen atoms in total. The molecule has 1 aliphatic heterocycles. The second-order valence-corrected chi connectivity index (χ2v) is 8.49. The van der Waals surface area contributed by atoms with Gasteiger partial charge in [0, 0.05) is 0 Å². The summed E-state index contributed by atoms with van der Waals surface area (Å²) in [7, 11) is -3.53. The molecule has 0 radical (unpaired) electrons. The van der Waals surface area contributed by atoms with Gasteiger partial charge in [-0.15, -0.1) is 0 Å². The molecule has 1 atom stereocenters. The van der Waals surface area contributed by atoms with Gasteiger partial charge in [0.1, 0.15) is 4.90 Å². The van der Waals surface area contributed by atoms with Crippen LogP contribution in [-0.2, 0) is 14.6 Å². The quantitative estimate of drug-likeness (QED) is 0.865. The van der Waals surface area contributed by atoms with E-state index in [9.17, 15) is 8.42 Å². The summed E-state index contributed by atoms with van der Waals surface area (Å²) < 4.78 is 31.3. The maximum absolute atomic E-state index is 12.6. The maximum Gasteiger partial charge on any atom is 0.184 e. The van der Waals surface area contributed by atoms with Crippen molar-refractivity contribution in [3.8, 4) is 0 Å². The minimum absolute atomic E-state index is 0.0390. The van der Waals surface area contributed by atoms with Crippen molar-refractivity contribution in [2.75, 3.05) is 11.5 Å². The highest BCUT2D eigenvalue weighted by molar-refractivity contribution is 7.91. The minimum atomic E-state index is -3.53. The van der Waals surface area contributed by atoms with Crippen LogP contribution in [0.3, 0.4) is 0 Å². The first kappa shape index (κ1) is 15.1. The highest BCUT2D eigenvalue weighted by Gasteiger charge is 2.43. The summed E-state index contributed by atoms with van der Waals surface area (Å²) in [6.07, 6.45) is 5.97. The molecule has 1 saturated heterocycles. The molecule has 1 heterocycles. The normalized spacial score (nSPS) is 24.7. The zero-order valence-corrected chi connectivity index (χ0v) is 13.4. The number of rotatable bonds is 3. The van der Waals surface area contributed by atoms with Crippen LogP contribution in [0.15, 0.2) is 23.1 Å². The number of nitrogens with two attached hydrogens (primary N) is 1. The Bertz CT molecular complexity index is 618. The van der Waals surface area contributed by atoms with Gasteiger partial charge in [-0.3, -0.25) is 0 Å². The first-order valence-corrected chi connectivity index (χ1v) is 9.40. The molecule has 3 rings (SSSR count). The van der Waals surface area contributed by atoms with E-state index in [-0.39, 0.29) is 33.1 Å². The summed E-state index contributed by atoms with van der Waals surface area (Å²) in [6, 6.07) is 4.77. The van der Waals surface area contributed by atoms with Crippen molar-refractivity contribution in [1.29, 1.82) is 0 Å². The maximum atomic E-state index is 12.6. The van der Waals surface area contributed by atoms with Crippen LogP contribution in [0.4, 0.5) is 5.69 Å². The number of anilines is 1. The third-order valence-electron chi connectivity index (χ3n) is 4.57. The van der Waals surface area contributed by atoms with E-state index < -0.39 is 9.84 Å². The van der Waals surface area contributed by atoms with Gasteiger partial charge < -0.3 is 10.5 Å². The molecule has 2 fully saturated rings. The number of ether oxygens (including phenoxy) is 1. The molecule has 1 aliphatic carbocycles. The molecule has 6 heteroatoms. The van der Waals surface area contributed by atoms with Crippen molar-refractivity contribution >= 4 is 27.1 Å². The summed E-state index contributed by atoms with van der Waals surface area (Å²) in [5.41, 5.74) is 5.93. The van der Waals surface area contributed by atoms with Gasteiger partial charge in [0.25, 0.3) is 0 Å². The Morgan fingerprint density at radius 2 is 2.00 bits per heavy atom. The molecule has 116 valence electrons. The molecule has 2 N–H and O–H groups in total. The van der Waals surface area contributed by atoms with Crippen molar-refractivity contribution in [3.63, 3.8) is 0 Å². The molecule has 21 heavy (non-hydrogen) atoms. The lowest BCUT2D eigenvalue weighted by Gasteiger charge is -2.23. The third-order valence-corrected chi connectivity index (χ3v) is 6.88. The Balaban J connectivity index is 1.78. The second-order valence-electron chi connectivity index (χ2n) is 6.11. The van der Waals surface area contributed by atoms with Gasteiger partial charge in [-0.1, -0.05) is 30.5 Å². The monoisotopic (exact) mass is 329 g/mol. The summed E-state index contributed by atoms with van der Waals surface area (Å²) >= 11 is 6.02. The van der Waals surface area contributed by atoms with Gasteiger partial charge in [-0.2, -0.15) is 0 Å². The zero-order valence-electron chi connectivity index (χ0n) is 11.8. The predicted octanol–water partition coefficient (Wildman–Crippen LogP) is 3.19. The van der Waals surface area contributed by atoms with Crippen LogP contribution in [-0.4, -0.2) is 25.9 Å². The van der Waals surface area contributed by atoms with Gasteiger partial charge >= 0.3 is 0 Å². The van der Waals surface area contributed by atoms with Crippen LogP contribution in [0, 0.1) is 0 Å². The molecule has 2 aliphatic rings. The molecule has 1 spiro atoms. The Hall–Kier alpha value is -0.780. The molecule has 1 aromatic carbocycles. The molecular formula is C15H20ClNO3S. The van der Waals surface area contributed by atoms with Crippen LogP contribution < -0.4 is 5.73 Å². The third kappa shape index (κ3) is 2.91. The van der Waals surface area contributed by atoms with Gasteiger partial charge in [-0.25, -0.2) is 8.42 Å². The lowest BCUT2D eigenvalue weighted by atomic mass is 9.98. The topological polar surface area (TPSA) is 69.4 Å². The zero-order chi connectivity index (χ0) is 15.1. The standard InChI is InChI=1S/C15H20ClNO3S/c16-12-4-3-5-13(17)14(12)21(18,19)10-11-6-9-15(20-11)7-1-2-8-15/h3-5,11H,1-2,6-10,17H2. The van der Waals surface area contributed by atoms with Crippen molar-refractivity contribution < 1.29 is 13.2 Å².